The number of hydrogen-bond acceptors (Lipinski definition) is 6. The molecule has 0 aliphatic rings. The molecule has 0 atom stereocenters. The zero-order valence-corrected chi connectivity index (χ0v) is 23.7. The van der Waals surface area contributed by atoms with Crippen LogP contribution in [0.4, 0.5) is 0 Å². The van der Waals surface area contributed by atoms with Crippen molar-refractivity contribution in [3.05, 3.63) is 0 Å². The molecular formula is C22H50O6Si2. The van der Waals surface area contributed by atoms with E-state index >= 15 is 0 Å². The number of rotatable bonds is 17. The zero-order valence-electron chi connectivity index (χ0n) is 21.7. The quantitative estimate of drug-likeness (QED) is 0.254. The van der Waals surface area contributed by atoms with E-state index in [1.807, 2.05) is 0 Å². The first-order chi connectivity index (χ1) is 13.9. The van der Waals surface area contributed by atoms with Crippen LogP contribution in [0.15, 0.2) is 0 Å². The van der Waals surface area contributed by atoms with Gasteiger partial charge in [-0.3, -0.25) is 0 Å². The smallest absolute Gasteiger partial charge is 0.377 e. The van der Waals surface area contributed by atoms with Crippen LogP contribution in [0.25, 0.3) is 0 Å². The summed E-state index contributed by atoms with van der Waals surface area (Å²) in [6, 6.07) is 1.69. The van der Waals surface area contributed by atoms with Crippen LogP contribution in [0.5, 0.6) is 0 Å². The molecule has 0 saturated heterocycles. The van der Waals surface area contributed by atoms with Gasteiger partial charge in [0.1, 0.15) is 0 Å². The maximum atomic E-state index is 5.60. The van der Waals surface area contributed by atoms with E-state index in [-0.39, 0.29) is 0 Å². The van der Waals surface area contributed by atoms with Gasteiger partial charge in [-0.25, -0.2) is 0 Å². The fraction of sp³-hybridized carbons (Fsp3) is 1.00. The molecule has 0 radical (unpaired) electrons. The third-order valence-electron chi connectivity index (χ3n) is 5.91. The van der Waals surface area contributed by atoms with Crippen LogP contribution in [0, 0.1) is 16.7 Å². The van der Waals surface area contributed by atoms with Crippen molar-refractivity contribution >= 4 is 17.6 Å². The third kappa shape index (κ3) is 11.2. The highest BCUT2D eigenvalue weighted by molar-refractivity contribution is 6.60. The Morgan fingerprint density at radius 1 is 0.600 bits per heavy atom. The minimum atomic E-state index is -2.51. The van der Waals surface area contributed by atoms with E-state index in [9.17, 15) is 0 Å². The second-order valence-electron chi connectivity index (χ2n) is 10.3. The first-order valence-electron chi connectivity index (χ1n) is 11.2. The highest BCUT2D eigenvalue weighted by atomic mass is 28.4. The fourth-order valence-corrected chi connectivity index (χ4v) is 8.46. The molecule has 0 N–H and O–H groups in total. The van der Waals surface area contributed by atoms with Gasteiger partial charge in [0.15, 0.2) is 0 Å². The minimum Gasteiger partial charge on any atom is -0.377 e. The fourth-order valence-electron chi connectivity index (χ4n) is 4.96. The van der Waals surface area contributed by atoms with Crippen molar-refractivity contribution in [1.82, 2.24) is 0 Å². The molecule has 0 spiro atoms. The summed E-state index contributed by atoms with van der Waals surface area (Å²) in [5.41, 5.74) is 0.613. The summed E-state index contributed by atoms with van der Waals surface area (Å²) < 4.78 is 33.6. The normalized spacial score (nSPS) is 14.0. The van der Waals surface area contributed by atoms with E-state index in [0.717, 1.165) is 37.8 Å². The summed E-state index contributed by atoms with van der Waals surface area (Å²) in [4.78, 5) is 0. The summed E-state index contributed by atoms with van der Waals surface area (Å²) in [5, 5.41) is 0. The van der Waals surface area contributed by atoms with Crippen LogP contribution in [0.2, 0.25) is 12.1 Å². The molecule has 0 aliphatic heterocycles. The predicted octanol–water partition coefficient (Wildman–Crippen LogP) is 5.77. The largest absolute Gasteiger partial charge is 0.500 e. The Kier molecular flexibility index (Phi) is 13.8. The predicted molar refractivity (Wildman–Crippen MR) is 128 cm³/mol. The molecule has 0 bridgehead atoms. The highest BCUT2D eigenvalue weighted by Gasteiger charge is 2.39. The summed E-state index contributed by atoms with van der Waals surface area (Å²) in [6.07, 6.45) is 6.77. The molecule has 0 amide bonds. The Balaban J connectivity index is 5.08. The lowest BCUT2D eigenvalue weighted by molar-refractivity contribution is 0.119. The first kappa shape index (κ1) is 30.2. The second kappa shape index (κ2) is 13.7. The van der Waals surface area contributed by atoms with Crippen molar-refractivity contribution in [2.45, 2.75) is 85.2 Å². The van der Waals surface area contributed by atoms with E-state index in [4.69, 9.17) is 26.6 Å². The van der Waals surface area contributed by atoms with Crippen LogP contribution in [-0.4, -0.2) is 60.3 Å². The summed E-state index contributed by atoms with van der Waals surface area (Å²) in [5.74, 6) is 0.622. The molecule has 0 fully saturated rings. The summed E-state index contributed by atoms with van der Waals surface area (Å²) in [7, 11) is 5.10. The molecular weight excluding hydrogens is 416 g/mol. The summed E-state index contributed by atoms with van der Waals surface area (Å²) >= 11 is 0. The van der Waals surface area contributed by atoms with Crippen molar-refractivity contribution in [2.24, 2.45) is 16.7 Å². The highest BCUT2D eigenvalue weighted by Crippen LogP contribution is 2.40. The Bertz CT molecular complexity index is 403. The topological polar surface area (TPSA) is 55.4 Å². The lowest BCUT2D eigenvalue weighted by Crippen LogP contribution is -2.43. The molecule has 0 saturated carbocycles. The molecule has 30 heavy (non-hydrogen) atoms. The van der Waals surface area contributed by atoms with E-state index in [2.05, 4.69) is 34.6 Å². The van der Waals surface area contributed by atoms with Crippen molar-refractivity contribution in [3.63, 3.8) is 0 Å². The lowest BCUT2D eigenvalue weighted by Gasteiger charge is -2.36. The minimum absolute atomic E-state index is 0.291. The van der Waals surface area contributed by atoms with Gasteiger partial charge in [0.25, 0.3) is 0 Å². The Hall–Kier alpha value is 0.194. The Morgan fingerprint density at radius 2 is 0.933 bits per heavy atom. The molecule has 182 valence electrons. The molecule has 0 heterocycles. The molecule has 0 aromatic rings. The van der Waals surface area contributed by atoms with Crippen molar-refractivity contribution in [3.8, 4) is 0 Å². The molecule has 8 heteroatoms. The second-order valence-corrected chi connectivity index (χ2v) is 16.5. The lowest BCUT2D eigenvalue weighted by atomic mass is 9.70. The van der Waals surface area contributed by atoms with Crippen LogP contribution in [0.3, 0.4) is 0 Å². The molecule has 6 nitrogen and oxygen atoms in total. The SMILES string of the molecule is CO[Si](CCCC(CCC[Si](OC)(OC)OC)CC(C)(C)CC(C)(C)C)(OC)OC. The summed E-state index contributed by atoms with van der Waals surface area (Å²) in [6.45, 7) is 11.8. The van der Waals surface area contributed by atoms with Crippen molar-refractivity contribution in [1.29, 1.82) is 0 Å². The van der Waals surface area contributed by atoms with Crippen LogP contribution < -0.4 is 0 Å². The zero-order chi connectivity index (χ0) is 23.5. The van der Waals surface area contributed by atoms with Gasteiger partial charge < -0.3 is 26.6 Å². The Morgan fingerprint density at radius 3 is 1.20 bits per heavy atom. The molecule has 0 aromatic carbocycles. The molecule has 0 unspecified atom stereocenters. The Labute approximate surface area is 189 Å². The van der Waals surface area contributed by atoms with E-state index in [0.29, 0.717) is 16.7 Å². The first-order valence-corrected chi connectivity index (χ1v) is 15.0. The maximum Gasteiger partial charge on any atom is 0.500 e. The van der Waals surface area contributed by atoms with E-state index in [1.54, 1.807) is 42.7 Å². The average Bonchev–Trinajstić information content (AvgIpc) is 2.67. The van der Waals surface area contributed by atoms with Gasteiger partial charge in [0.05, 0.1) is 0 Å². The molecule has 0 aromatic heterocycles. The third-order valence-corrected chi connectivity index (χ3v) is 11.6. The molecule has 0 aliphatic carbocycles. The van der Waals surface area contributed by atoms with Gasteiger partial charge in [-0.05, 0) is 42.4 Å². The van der Waals surface area contributed by atoms with Crippen LogP contribution >= 0.6 is 0 Å². The standard InChI is InChI=1S/C22H50O6Si2/c1-21(2,3)19-22(4,5)18-20(14-12-16-29(23-6,24-7)25-8)15-13-17-30(26-9,27-10)28-11/h20H,12-19H2,1-11H3. The van der Waals surface area contributed by atoms with E-state index < -0.39 is 17.6 Å². The van der Waals surface area contributed by atoms with Gasteiger partial charge in [-0.1, -0.05) is 47.5 Å². The van der Waals surface area contributed by atoms with Crippen LogP contribution in [-0.2, 0) is 26.6 Å². The van der Waals surface area contributed by atoms with Gasteiger partial charge in [0.2, 0.25) is 0 Å². The van der Waals surface area contributed by atoms with Gasteiger partial charge in [-0.15, -0.1) is 0 Å². The van der Waals surface area contributed by atoms with Crippen molar-refractivity contribution in [2.75, 3.05) is 42.7 Å². The molecule has 0 rings (SSSR count). The van der Waals surface area contributed by atoms with Crippen LogP contribution in [0.1, 0.15) is 73.1 Å². The van der Waals surface area contributed by atoms with E-state index in [1.165, 1.54) is 12.8 Å². The van der Waals surface area contributed by atoms with Gasteiger partial charge >= 0.3 is 17.6 Å². The number of hydrogen-bond donors (Lipinski definition) is 0. The monoisotopic (exact) mass is 466 g/mol. The average molecular weight is 467 g/mol. The van der Waals surface area contributed by atoms with Gasteiger partial charge in [0, 0.05) is 54.7 Å². The van der Waals surface area contributed by atoms with Crippen molar-refractivity contribution < 1.29 is 26.6 Å². The maximum absolute atomic E-state index is 5.60. The van der Waals surface area contributed by atoms with Gasteiger partial charge in [-0.2, -0.15) is 0 Å².